The molecule has 0 aromatic heterocycles. The maximum Gasteiger partial charge on any atom is 0.309 e. The lowest BCUT2D eigenvalue weighted by Crippen LogP contribution is -2.27. The fraction of sp³-hybridized carbons (Fsp3) is 0.652. The van der Waals surface area contributed by atoms with Gasteiger partial charge in [0.05, 0.1) is 5.41 Å². The van der Waals surface area contributed by atoms with Crippen LogP contribution < -0.4 is 5.73 Å². The highest BCUT2D eigenvalue weighted by molar-refractivity contribution is 5.97. The first kappa shape index (κ1) is 21.6. The van der Waals surface area contributed by atoms with Gasteiger partial charge in [-0.25, -0.2) is 0 Å². The number of ketones is 1. The van der Waals surface area contributed by atoms with E-state index in [1.807, 2.05) is 38.1 Å². The molecule has 0 heterocycles. The third-order valence-corrected chi connectivity index (χ3v) is 6.30. The summed E-state index contributed by atoms with van der Waals surface area (Å²) in [5.41, 5.74) is 7.07. The maximum absolute atomic E-state index is 12.7. The fourth-order valence-corrected chi connectivity index (χ4v) is 4.31. The van der Waals surface area contributed by atoms with Gasteiger partial charge in [0, 0.05) is 11.5 Å². The van der Waals surface area contributed by atoms with E-state index in [2.05, 4.69) is 0 Å². The van der Waals surface area contributed by atoms with Crippen LogP contribution in [0.4, 0.5) is 0 Å². The Labute approximate surface area is 163 Å². The van der Waals surface area contributed by atoms with Crippen molar-refractivity contribution in [2.75, 3.05) is 6.54 Å². The van der Waals surface area contributed by atoms with Gasteiger partial charge in [-0.2, -0.15) is 0 Å². The largest absolute Gasteiger partial charge is 0.481 e. The zero-order valence-electron chi connectivity index (χ0n) is 16.9. The molecule has 0 amide bonds. The molecule has 3 N–H and O–H groups in total. The topological polar surface area (TPSA) is 80.4 Å². The fourth-order valence-electron chi connectivity index (χ4n) is 4.31. The average Bonchev–Trinajstić information content (AvgIpc) is 2.68. The number of rotatable bonds is 10. The van der Waals surface area contributed by atoms with E-state index in [1.165, 1.54) is 5.56 Å². The quantitative estimate of drug-likeness (QED) is 0.575. The zero-order chi connectivity index (χ0) is 19.9. The molecular weight excluding hydrogens is 338 g/mol. The van der Waals surface area contributed by atoms with Gasteiger partial charge in [0.15, 0.2) is 5.78 Å². The van der Waals surface area contributed by atoms with Gasteiger partial charge in [-0.05, 0) is 76.3 Å². The molecule has 1 aliphatic rings. The Balaban J connectivity index is 1.86. The van der Waals surface area contributed by atoms with Crippen LogP contribution in [-0.2, 0) is 11.2 Å². The Bertz CT molecular complexity index is 617. The minimum atomic E-state index is -0.699. The van der Waals surface area contributed by atoms with Gasteiger partial charge < -0.3 is 10.8 Å². The first-order chi connectivity index (χ1) is 12.9. The van der Waals surface area contributed by atoms with E-state index in [1.54, 1.807) is 0 Å². The molecule has 0 spiro atoms. The molecule has 1 unspecified atom stereocenters. The first-order valence-electron chi connectivity index (χ1n) is 10.5. The van der Waals surface area contributed by atoms with Crippen LogP contribution in [-0.4, -0.2) is 23.4 Å². The second kappa shape index (κ2) is 10.0. The number of benzene rings is 1. The number of carbonyl (C=O) groups excluding carboxylic acids is 1. The number of carbonyl (C=O) groups is 2. The molecule has 1 aliphatic carbocycles. The summed E-state index contributed by atoms with van der Waals surface area (Å²) in [4.78, 5) is 24.2. The maximum atomic E-state index is 12.7. The molecular formula is C23H35NO3. The third kappa shape index (κ3) is 5.90. The molecule has 0 aliphatic heterocycles. The Morgan fingerprint density at radius 3 is 2.26 bits per heavy atom. The molecule has 0 saturated heterocycles. The van der Waals surface area contributed by atoms with E-state index in [9.17, 15) is 14.7 Å². The van der Waals surface area contributed by atoms with Gasteiger partial charge in [0.2, 0.25) is 0 Å². The molecule has 1 atom stereocenters. The Morgan fingerprint density at radius 1 is 1.11 bits per heavy atom. The summed E-state index contributed by atoms with van der Waals surface area (Å²) < 4.78 is 0. The van der Waals surface area contributed by atoms with Crippen molar-refractivity contribution in [2.45, 2.75) is 71.6 Å². The molecule has 4 nitrogen and oxygen atoms in total. The van der Waals surface area contributed by atoms with Crippen molar-refractivity contribution < 1.29 is 14.7 Å². The predicted molar refractivity (Wildman–Crippen MR) is 109 cm³/mol. The Kier molecular flexibility index (Phi) is 8.03. The smallest absolute Gasteiger partial charge is 0.309 e. The van der Waals surface area contributed by atoms with Crippen LogP contribution in [0.15, 0.2) is 24.3 Å². The second-order valence-corrected chi connectivity index (χ2v) is 8.48. The zero-order valence-corrected chi connectivity index (χ0v) is 16.9. The van der Waals surface area contributed by atoms with Crippen molar-refractivity contribution in [3.05, 3.63) is 35.4 Å². The number of Topliss-reactive ketones (excluding diaryl/α,β-unsaturated/α-hetero) is 1. The van der Waals surface area contributed by atoms with E-state index < -0.39 is 11.4 Å². The average molecular weight is 374 g/mol. The van der Waals surface area contributed by atoms with Crippen LogP contribution in [0.1, 0.15) is 81.1 Å². The van der Waals surface area contributed by atoms with E-state index in [4.69, 9.17) is 5.73 Å². The molecule has 2 rings (SSSR count). The van der Waals surface area contributed by atoms with E-state index in [-0.39, 0.29) is 11.7 Å². The highest BCUT2D eigenvalue weighted by atomic mass is 16.4. The van der Waals surface area contributed by atoms with E-state index in [0.29, 0.717) is 18.8 Å². The van der Waals surface area contributed by atoms with Crippen molar-refractivity contribution >= 4 is 11.8 Å². The van der Waals surface area contributed by atoms with Crippen molar-refractivity contribution in [1.82, 2.24) is 0 Å². The van der Waals surface area contributed by atoms with Crippen LogP contribution >= 0.6 is 0 Å². The minimum absolute atomic E-state index is 0.143. The number of aliphatic carboxylic acids is 1. The van der Waals surface area contributed by atoms with E-state index in [0.717, 1.165) is 57.1 Å². The van der Waals surface area contributed by atoms with Crippen LogP contribution in [0.3, 0.4) is 0 Å². The number of hydrogen-bond donors (Lipinski definition) is 2. The molecule has 27 heavy (non-hydrogen) atoms. The van der Waals surface area contributed by atoms with Gasteiger partial charge in [-0.3, -0.25) is 9.59 Å². The first-order valence-corrected chi connectivity index (χ1v) is 10.5. The van der Waals surface area contributed by atoms with Crippen molar-refractivity contribution in [2.24, 2.45) is 23.0 Å². The summed E-state index contributed by atoms with van der Waals surface area (Å²) in [6.45, 7) is 4.61. The molecule has 1 fully saturated rings. The number of aryl methyl sites for hydroxylation is 1. The second-order valence-electron chi connectivity index (χ2n) is 8.48. The van der Waals surface area contributed by atoms with Gasteiger partial charge >= 0.3 is 5.97 Å². The van der Waals surface area contributed by atoms with Crippen molar-refractivity contribution in [3.63, 3.8) is 0 Å². The lowest BCUT2D eigenvalue weighted by molar-refractivity contribution is -0.148. The monoisotopic (exact) mass is 373 g/mol. The van der Waals surface area contributed by atoms with Gasteiger partial charge in [-0.15, -0.1) is 0 Å². The molecule has 4 heteroatoms. The summed E-state index contributed by atoms with van der Waals surface area (Å²) in [5.74, 6) is 0.290. The van der Waals surface area contributed by atoms with Crippen molar-refractivity contribution in [1.29, 1.82) is 0 Å². The lowest BCUT2D eigenvalue weighted by atomic mass is 9.78. The predicted octanol–water partition coefficient (Wildman–Crippen LogP) is 4.85. The van der Waals surface area contributed by atoms with Crippen LogP contribution in [0.2, 0.25) is 0 Å². The summed E-state index contributed by atoms with van der Waals surface area (Å²) in [7, 11) is 0. The highest BCUT2D eigenvalue weighted by Crippen LogP contribution is 2.31. The van der Waals surface area contributed by atoms with Crippen LogP contribution in [0.25, 0.3) is 0 Å². The summed E-state index contributed by atoms with van der Waals surface area (Å²) in [6.07, 6.45) is 8.00. The Morgan fingerprint density at radius 2 is 1.74 bits per heavy atom. The number of hydrogen-bond acceptors (Lipinski definition) is 3. The van der Waals surface area contributed by atoms with Crippen LogP contribution in [0, 0.1) is 17.3 Å². The number of nitrogens with two attached hydrogens (primary N) is 1. The SMILES string of the molecule is CCCC(C)(CCCc1ccc(C(=O)C2CCC(CN)CC2)cc1)C(=O)O. The number of carboxylic acid groups (broad SMARTS) is 1. The van der Waals surface area contributed by atoms with Gasteiger partial charge in [0.25, 0.3) is 0 Å². The molecule has 1 aromatic rings. The molecule has 1 saturated carbocycles. The highest BCUT2D eigenvalue weighted by Gasteiger charge is 2.31. The normalized spacial score (nSPS) is 22.2. The summed E-state index contributed by atoms with van der Waals surface area (Å²) in [6, 6.07) is 7.93. The van der Waals surface area contributed by atoms with Gasteiger partial charge in [0.1, 0.15) is 0 Å². The summed E-state index contributed by atoms with van der Waals surface area (Å²) in [5, 5.41) is 9.47. The van der Waals surface area contributed by atoms with Crippen LogP contribution in [0.5, 0.6) is 0 Å². The third-order valence-electron chi connectivity index (χ3n) is 6.30. The lowest BCUT2D eigenvalue weighted by Gasteiger charge is -2.26. The Hall–Kier alpha value is -1.68. The number of carboxylic acids is 1. The van der Waals surface area contributed by atoms with Gasteiger partial charge in [-0.1, -0.05) is 37.6 Å². The molecule has 1 aromatic carbocycles. The van der Waals surface area contributed by atoms with Crippen molar-refractivity contribution in [3.8, 4) is 0 Å². The molecule has 150 valence electrons. The van der Waals surface area contributed by atoms with E-state index >= 15 is 0 Å². The molecule has 0 radical (unpaired) electrons. The minimum Gasteiger partial charge on any atom is -0.481 e. The molecule has 0 bridgehead atoms. The summed E-state index contributed by atoms with van der Waals surface area (Å²) >= 11 is 0. The standard InChI is InChI=1S/C23H35NO3/c1-3-14-23(2,22(26)27)15-4-5-17-6-10-19(11-7-17)21(25)20-12-8-18(16-24)9-13-20/h6-7,10-11,18,20H,3-5,8-9,12-16,24H2,1-2H3,(H,26,27).